The number of rotatable bonds is 8. The summed E-state index contributed by atoms with van der Waals surface area (Å²) in [6.07, 6.45) is 2.86. The van der Waals surface area contributed by atoms with E-state index < -0.39 is 0 Å². The maximum absolute atomic E-state index is 13.0. The van der Waals surface area contributed by atoms with Crippen molar-refractivity contribution in [2.75, 3.05) is 12.0 Å². The summed E-state index contributed by atoms with van der Waals surface area (Å²) in [6.45, 7) is 0.698. The monoisotopic (exact) mass is 449 g/mol. The first kappa shape index (κ1) is 21.5. The Kier molecular flexibility index (Phi) is 6.95. The lowest BCUT2D eigenvalue weighted by atomic mass is 10.1. The molecule has 1 heterocycles. The van der Waals surface area contributed by atoms with E-state index in [1.165, 1.54) is 5.56 Å². The maximum Gasteiger partial charge on any atom is 0.251 e. The molecule has 0 aliphatic heterocycles. The Bertz CT molecular complexity index is 1160. The van der Waals surface area contributed by atoms with Crippen LogP contribution in [0.2, 0.25) is 5.02 Å². The summed E-state index contributed by atoms with van der Waals surface area (Å²) in [5.41, 5.74) is 3.78. The maximum atomic E-state index is 13.0. The number of halogens is 1. The van der Waals surface area contributed by atoms with Crippen LogP contribution in [0.15, 0.2) is 78.9 Å². The van der Waals surface area contributed by atoms with Crippen LogP contribution in [0, 0.1) is 0 Å². The molecule has 0 spiro atoms. The van der Waals surface area contributed by atoms with E-state index in [2.05, 4.69) is 34.3 Å². The van der Waals surface area contributed by atoms with E-state index in [4.69, 9.17) is 16.6 Å². The highest BCUT2D eigenvalue weighted by atomic mass is 35.5. The van der Waals surface area contributed by atoms with Gasteiger partial charge in [-0.15, -0.1) is 0 Å². The molecule has 0 fully saturated rings. The SMILES string of the molecule is CSCC[C@@H](NC(=O)c1ccc(Cl)cc1)c1nc2ccccc2n1Cc1ccccc1. The van der Waals surface area contributed by atoms with Crippen LogP contribution < -0.4 is 5.32 Å². The standard InChI is InChI=1S/C25H24ClN3OS/c1-31-16-15-22(28-25(30)19-11-13-20(26)14-12-19)24-27-21-9-5-6-10-23(21)29(24)17-18-7-3-2-4-8-18/h2-14,22H,15-17H2,1H3,(H,28,30)/t22-/m1/s1. The topological polar surface area (TPSA) is 46.9 Å². The Morgan fingerprint density at radius 3 is 2.48 bits per heavy atom. The summed E-state index contributed by atoms with van der Waals surface area (Å²) in [5, 5.41) is 3.82. The zero-order chi connectivity index (χ0) is 21.6. The zero-order valence-corrected chi connectivity index (χ0v) is 18.9. The first-order valence-electron chi connectivity index (χ1n) is 10.2. The van der Waals surface area contributed by atoms with E-state index in [1.54, 1.807) is 36.0 Å². The first-order valence-corrected chi connectivity index (χ1v) is 12.0. The van der Waals surface area contributed by atoms with E-state index in [1.807, 2.05) is 36.4 Å². The molecule has 158 valence electrons. The van der Waals surface area contributed by atoms with Crippen molar-refractivity contribution < 1.29 is 4.79 Å². The minimum atomic E-state index is -0.202. The molecular formula is C25H24ClN3OS. The van der Waals surface area contributed by atoms with Crippen LogP contribution in [0.25, 0.3) is 11.0 Å². The second-order valence-electron chi connectivity index (χ2n) is 7.34. The number of nitrogens with zero attached hydrogens (tertiary/aromatic N) is 2. The summed E-state index contributed by atoms with van der Waals surface area (Å²) in [5.74, 6) is 1.67. The van der Waals surface area contributed by atoms with E-state index in [0.29, 0.717) is 17.1 Å². The molecule has 0 radical (unpaired) electrons. The Morgan fingerprint density at radius 1 is 1.03 bits per heavy atom. The Hall–Kier alpha value is -2.76. The Morgan fingerprint density at radius 2 is 1.74 bits per heavy atom. The molecule has 31 heavy (non-hydrogen) atoms. The highest BCUT2D eigenvalue weighted by Crippen LogP contribution is 2.26. The van der Waals surface area contributed by atoms with E-state index in [-0.39, 0.29) is 11.9 Å². The summed E-state index contributed by atoms with van der Waals surface area (Å²) in [6, 6.07) is 25.2. The number of aromatic nitrogens is 2. The molecule has 3 aromatic carbocycles. The third-order valence-corrected chi connectivity index (χ3v) is 6.10. The third kappa shape index (κ3) is 5.12. The molecule has 0 aliphatic rings. The lowest BCUT2D eigenvalue weighted by Crippen LogP contribution is -2.31. The number of fused-ring (bicyclic) bond motifs is 1. The molecule has 4 nitrogen and oxygen atoms in total. The van der Waals surface area contributed by atoms with Gasteiger partial charge in [-0.3, -0.25) is 4.79 Å². The van der Waals surface area contributed by atoms with Crippen molar-refractivity contribution in [3.63, 3.8) is 0 Å². The van der Waals surface area contributed by atoms with Crippen molar-refractivity contribution in [3.05, 3.63) is 101 Å². The van der Waals surface area contributed by atoms with Crippen LogP contribution in [0.3, 0.4) is 0 Å². The molecule has 6 heteroatoms. The molecule has 0 aliphatic carbocycles. The predicted molar refractivity (Wildman–Crippen MR) is 130 cm³/mol. The van der Waals surface area contributed by atoms with Crippen LogP contribution in [-0.4, -0.2) is 27.5 Å². The molecule has 4 rings (SSSR count). The predicted octanol–water partition coefficient (Wildman–Crippen LogP) is 5.96. The van der Waals surface area contributed by atoms with Gasteiger partial charge in [0.1, 0.15) is 5.82 Å². The fourth-order valence-corrected chi connectivity index (χ4v) is 4.23. The third-order valence-electron chi connectivity index (χ3n) is 5.20. The summed E-state index contributed by atoms with van der Waals surface area (Å²) >= 11 is 7.74. The van der Waals surface area contributed by atoms with Gasteiger partial charge in [-0.05, 0) is 60.4 Å². The number of para-hydroxylation sites is 2. The van der Waals surface area contributed by atoms with Crippen LogP contribution >= 0.6 is 23.4 Å². The lowest BCUT2D eigenvalue weighted by Gasteiger charge is -2.20. The molecule has 1 atom stereocenters. The number of carbonyl (C=O) groups is 1. The van der Waals surface area contributed by atoms with Crippen molar-refractivity contribution in [1.82, 2.24) is 14.9 Å². The van der Waals surface area contributed by atoms with Gasteiger partial charge in [0.15, 0.2) is 0 Å². The number of benzene rings is 3. The van der Waals surface area contributed by atoms with Crippen molar-refractivity contribution in [3.8, 4) is 0 Å². The number of amides is 1. The van der Waals surface area contributed by atoms with E-state index >= 15 is 0 Å². The van der Waals surface area contributed by atoms with Gasteiger partial charge in [-0.2, -0.15) is 11.8 Å². The summed E-state index contributed by atoms with van der Waals surface area (Å²) in [7, 11) is 0. The van der Waals surface area contributed by atoms with E-state index in [0.717, 1.165) is 29.0 Å². The number of hydrogen-bond donors (Lipinski definition) is 1. The molecule has 1 aromatic heterocycles. The molecule has 1 N–H and O–H groups in total. The van der Waals surface area contributed by atoms with Crippen LogP contribution in [0.5, 0.6) is 0 Å². The number of thioether (sulfide) groups is 1. The summed E-state index contributed by atoms with van der Waals surface area (Å²) < 4.78 is 2.22. The minimum absolute atomic E-state index is 0.124. The quantitative estimate of drug-likeness (QED) is 0.361. The smallest absolute Gasteiger partial charge is 0.251 e. The molecule has 4 aromatic rings. The van der Waals surface area contributed by atoms with Crippen LogP contribution in [0.4, 0.5) is 0 Å². The van der Waals surface area contributed by atoms with E-state index in [9.17, 15) is 4.79 Å². The molecular weight excluding hydrogens is 426 g/mol. The molecule has 0 bridgehead atoms. The normalized spacial score (nSPS) is 12.1. The van der Waals surface area contributed by atoms with Gasteiger partial charge in [-0.25, -0.2) is 4.98 Å². The average Bonchev–Trinajstić information content (AvgIpc) is 3.16. The number of hydrogen-bond acceptors (Lipinski definition) is 3. The van der Waals surface area contributed by atoms with Crippen molar-refractivity contribution in [1.29, 1.82) is 0 Å². The fourth-order valence-electron chi connectivity index (χ4n) is 3.64. The van der Waals surface area contributed by atoms with Gasteiger partial charge >= 0.3 is 0 Å². The van der Waals surface area contributed by atoms with Gasteiger partial charge in [0, 0.05) is 17.1 Å². The Labute approximate surface area is 191 Å². The van der Waals surface area contributed by atoms with Crippen LogP contribution in [-0.2, 0) is 6.54 Å². The minimum Gasteiger partial charge on any atom is -0.342 e. The number of carbonyl (C=O) groups excluding carboxylic acids is 1. The average molecular weight is 450 g/mol. The molecule has 0 saturated carbocycles. The number of imidazole rings is 1. The molecule has 1 amide bonds. The van der Waals surface area contributed by atoms with Crippen molar-refractivity contribution in [2.45, 2.75) is 19.0 Å². The highest BCUT2D eigenvalue weighted by Gasteiger charge is 2.22. The van der Waals surface area contributed by atoms with Gasteiger partial charge < -0.3 is 9.88 Å². The van der Waals surface area contributed by atoms with Crippen molar-refractivity contribution >= 4 is 40.3 Å². The lowest BCUT2D eigenvalue weighted by molar-refractivity contribution is 0.0933. The highest BCUT2D eigenvalue weighted by molar-refractivity contribution is 7.98. The van der Waals surface area contributed by atoms with Crippen LogP contribution in [0.1, 0.15) is 34.2 Å². The zero-order valence-electron chi connectivity index (χ0n) is 17.3. The summed E-state index contributed by atoms with van der Waals surface area (Å²) in [4.78, 5) is 17.9. The van der Waals surface area contributed by atoms with Gasteiger partial charge in [0.05, 0.1) is 17.1 Å². The van der Waals surface area contributed by atoms with Gasteiger partial charge in [0.2, 0.25) is 0 Å². The Balaban J connectivity index is 1.71. The van der Waals surface area contributed by atoms with Crippen molar-refractivity contribution in [2.24, 2.45) is 0 Å². The fraction of sp³-hybridized carbons (Fsp3) is 0.200. The second-order valence-corrected chi connectivity index (χ2v) is 8.77. The largest absolute Gasteiger partial charge is 0.342 e. The van der Waals surface area contributed by atoms with Gasteiger partial charge in [-0.1, -0.05) is 54.1 Å². The van der Waals surface area contributed by atoms with Gasteiger partial charge in [0.25, 0.3) is 5.91 Å². The second kappa shape index (κ2) is 10.0. The number of nitrogens with one attached hydrogen (secondary N) is 1. The molecule has 0 unspecified atom stereocenters. The first-order chi connectivity index (χ1) is 15.2. The molecule has 0 saturated heterocycles.